The number of amides is 1. The summed E-state index contributed by atoms with van der Waals surface area (Å²) in [5.74, 6) is -1.66. The summed E-state index contributed by atoms with van der Waals surface area (Å²) < 4.78 is 32.4. The minimum atomic E-state index is -1.28. The number of rotatable bonds is 4. The number of hydrogen-bond donors (Lipinski definition) is 3. The van der Waals surface area contributed by atoms with Gasteiger partial charge in [0.2, 0.25) is 0 Å². The van der Waals surface area contributed by atoms with Crippen LogP contribution < -0.4 is 10.1 Å². The average molecular weight is 349 g/mol. The molecular weight excluding hydrogens is 332 g/mol. The maximum atomic E-state index is 13.7. The smallest absolute Gasteiger partial charge is 0.254 e. The van der Waals surface area contributed by atoms with Crippen molar-refractivity contribution in [3.8, 4) is 5.75 Å². The van der Waals surface area contributed by atoms with Gasteiger partial charge in [-0.25, -0.2) is 8.78 Å². The SMILES string of the molecule is O=C(N[C@@H]1C[C@@H](Oc2cccc(F)c2)[C@H](O)[C@H]1O)c1ccccc1F. The number of aliphatic hydroxyl groups is 2. The van der Waals surface area contributed by atoms with Crippen LogP contribution in [0.3, 0.4) is 0 Å². The first-order valence-electron chi connectivity index (χ1n) is 7.79. The van der Waals surface area contributed by atoms with Crippen molar-refractivity contribution < 1.29 is 28.5 Å². The second-order valence-corrected chi connectivity index (χ2v) is 5.89. The van der Waals surface area contributed by atoms with E-state index in [1.54, 1.807) is 0 Å². The molecule has 7 heteroatoms. The Balaban J connectivity index is 1.67. The molecule has 0 unspecified atom stereocenters. The first kappa shape index (κ1) is 17.3. The molecule has 0 aliphatic heterocycles. The Morgan fingerprint density at radius 1 is 1.08 bits per heavy atom. The van der Waals surface area contributed by atoms with Gasteiger partial charge in [-0.15, -0.1) is 0 Å². The van der Waals surface area contributed by atoms with Crippen molar-refractivity contribution in [1.29, 1.82) is 0 Å². The van der Waals surface area contributed by atoms with Crippen LogP contribution in [0.25, 0.3) is 0 Å². The molecule has 3 rings (SSSR count). The lowest BCUT2D eigenvalue weighted by atomic mass is 10.1. The highest BCUT2D eigenvalue weighted by Gasteiger charge is 2.43. The summed E-state index contributed by atoms with van der Waals surface area (Å²) in [5.41, 5.74) is -0.154. The Labute approximate surface area is 142 Å². The lowest BCUT2D eigenvalue weighted by molar-refractivity contribution is -0.0135. The predicted molar refractivity (Wildman–Crippen MR) is 85.1 cm³/mol. The van der Waals surface area contributed by atoms with Gasteiger partial charge >= 0.3 is 0 Å². The fourth-order valence-electron chi connectivity index (χ4n) is 2.86. The van der Waals surface area contributed by atoms with Crippen LogP contribution in [-0.2, 0) is 0 Å². The second kappa shape index (κ2) is 7.16. The van der Waals surface area contributed by atoms with E-state index in [0.29, 0.717) is 0 Å². The average Bonchev–Trinajstić information content (AvgIpc) is 2.83. The largest absolute Gasteiger partial charge is 0.487 e. The molecule has 1 aliphatic carbocycles. The van der Waals surface area contributed by atoms with Crippen molar-refractivity contribution in [2.45, 2.75) is 30.8 Å². The van der Waals surface area contributed by atoms with Crippen molar-refractivity contribution >= 4 is 5.91 Å². The first-order chi connectivity index (χ1) is 12.0. The van der Waals surface area contributed by atoms with Gasteiger partial charge in [-0.2, -0.15) is 0 Å². The van der Waals surface area contributed by atoms with Gasteiger partial charge in [0, 0.05) is 12.5 Å². The maximum Gasteiger partial charge on any atom is 0.254 e. The second-order valence-electron chi connectivity index (χ2n) is 5.89. The highest BCUT2D eigenvalue weighted by Crippen LogP contribution is 2.26. The molecule has 4 atom stereocenters. The molecule has 2 aromatic rings. The summed E-state index contributed by atoms with van der Waals surface area (Å²) in [4.78, 5) is 12.1. The van der Waals surface area contributed by atoms with E-state index in [1.807, 2.05) is 0 Å². The molecule has 0 heterocycles. The Morgan fingerprint density at radius 3 is 2.56 bits per heavy atom. The number of carbonyl (C=O) groups is 1. The molecular formula is C18H17F2NO4. The van der Waals surface area contributed by atoms with Crippen LogP contribution in [-0.4, -0.2) is 40.5 Å². The number of benzene rings is 2. The number of halogens is 2. The molecule has 1 amide bonds. The van der Waals surface area contributed by atoms with Gasteiger partial charge < -0.3 is 20.3 Å². The molecule has 1 fully saturated rings. The molecule has 132 valence electrons. The van der Waals surface area contributed by atoms with Crippen molar-refractivity contribution in [1.82, 2.24) is 5.32 Å². The summed E-state index contributed by atoms with van der Waals surface area (Å²) in [6, 6.07) is 10.0. The number of carbonyl (C=O) groups excluding carboxylic acids is 1. The first-order valence-corrected chi connectivity index (χ1v) is 7.79. The molecule has 1 saturated carbocycles. The predicted octanol–water partition coefficient (Wildman–Crippen LogP) is 1.64. The quantitative estimate of drug-likeness (QED) is 0.784. The maximum absolute atomic E-state index is 13.7. The molecule has 3 N–H and O–H groups in total. The zero-order valence-corrected chi connectivity index (χ0v) is 13.1. The van der Waals surface area contributed by atoms with E-state index in [4.69, 9.17) is 4.74 Å². The lowest BCUT2D eigenvalue weighted by Gasteiger charge is -2.18. The van der Waals surface area contributed by atoms with E-state index in [9.17, 15) is 23.8 Å². The van der Waals surface area contributed by atoms with Crippen LogP contribution in [0.4, 0.5) is 8.78 Å². The van der Waals surface area contributed by atoms with Gasteiger partial charge in [-0.3, -0.25) is 4.79 Å². The normalized spacial score (nSPS) is 25.6. The summed E-state index contributed by atoms with van der Waals surface area (Å²) in [5, 5.41) is 22.7. The molecule has 25 heavy (non-hydrogen) atoms. The van der Waals surface area contributed by atoms with Crippen LogP contribution in [0.1, 0.15) is 16.8 Å². The molecule has 0 aromatic heterocycles. The van der Waals surface area contributed by atoms with Crippen molar-refractivity contribution in [2.75, 3.05) is 0 Å². The van der Waals surface area contributed by atoms with Crippen LogP contribution >= 0.6 is 0 Å². The van der Waals surface area contributed by atoms with Gasteiger partial charge in [0.15, 0.2) is 0 Å². The van der Waals surface area contributed by atoms with Crippen LogP contribution in [0.2, 0.25) is 0 Å². The summed E-state index contributed by atoms with van der Waals surface area (Å²) in [6.45, 7) is 0. The van der Waals surface area contributed by atoms with Gasteiger partial charge in [-0.1, -0.05) is 18.2 Å². The highest BCUT2D eigenvalue weighted by atomic mass is 19.1. The van der Waals surface area contributed by atoms with Crippen molar-refractivity contribution in [3.63, 3.8) is 0 Å². The van der Waals surface area contributed by atoms with Gasteiger partial charge in [0.25, 0.3) is 5.91 Å². The number of aliphatic hydroxyl groups excluding tert-OH is 2. The third kappa shape index (κ3) is 3.78. The topological polar surface area (TPSA) is 78.8 Å². The lowest BCUT2D eigenvalue weighted by Crippen LogP contribution is -2.43. The molecule has 0 saturated heterocycles. The number of ether oxygens (including phenoxy) is 1. The van der Waals surface area contributed by atoms with Gasteiger partial charge in [0.05, 0.1) is 11.6 Å². The van der Waals surface area contributed by atoms with Crippen LogP contribution in [0.5, 0.6) is 5.75 Å². The molecule has 0 spiro atoms. The number of hydrogen-bond acceptors (Lipinski definition) is 4. The molecule has 0 bridgehead atoms. The van der Waals surface area contributed by atoms with E-state index in [0.717, 1.165) is 12.1 Å². The minimum Gasteiger partial charge on any atom is -0.487 e. The Hall–Kier alpha value is -2.51. The summed E-state index contributed by atoms with van der Waals surface area (Å²) in [7, 11) is 0. The standard InChI is InChI=1S/C18H17F2NO4/c19-10-4-3-5-11(8-10)25-15-9-14(16(22)17(15)23)21-18(24)12-6-1-2-7-13(12)20/h1-8,14-17,22-23H,9H2,(H,21,24)/t14-,15-,16+,17+/m1/s1. The van der Waals surface area contributed by atoms with Crippen LogP contribution in [0.15, 0.2) is 48.5 Å². The van der Waals surface area contributed by atoms with Gasteiger partial charge in [-0.05, 0) is 24.3 Å². The van der Waals surface area contributed by atoms with E-state index in [2.05, 4.69) is 5.32 Å². The minimum absolute atomic E-state index is 0.0963. The Kier molecular flexibility index (Phi) is 4.96. The molecule has 1 aliphatic rings. The third-order valence-electron chi connectivity index (χ3n) is 4.15. The zero-order valence-electron chi connectivity index (χ0n) is 13.1. The highest BCUT2D eigenvalue weighted by molar-refractivity contribution is 5.94. The summed E-state index contributed by atoms with van der Waals surface area (Å²) in [6.07, 6.45) is -3.29. The van der Waals surface area contributed by atoms with Gasteiger partial charge in [0.1, 0.15) is 35.7 Å². The monoisotopic (exact) mass is 349 g/mol. The molecule has 0 radical (unpaired) electrons. The molecule has 2 aromatic carbocycles. The van der Waals surface area contributed by atoms with E-state index < -0.39 is 41.9 Å². The summed E-state index contributed by atoms with van der Waals surface area (Å²) >= 11 is 0. The fourth-order valence-corrected chi connectivity index (χ4v) is 2.86. The molecule has 5 nitrogen and oxygen atoms in total. The van der Waals surface area contributed by atoms with E-state index >= 15 is 0 Å². The van der Waals surface area contributed by atoms with E-state index in [-0.39, 0.29) is 17.7 Å². The third-order valence-corrected chi connectivity index (χ3v) is 4.15. The Morgan fingerprint density at radius 2 is 1.84 bits per heavy atom. The Bertz CT molecular complexity index is 770. The van der Waals surface area contributed by atoms with E-state index in [1.165, 1.54) is 36.4 Å². The van der Waals surface area contributed by atoms with Crippen LogP contribution in [0, 0.1) is 11.6 Å². The van der Waals surface area contributed by atoms with Crippen molar-refractivity contribution in [3.05, 3.63) is 65.7 Å². The van der Waals surface area contributed by atoms with Crippen molar-refractivity contribution in [2.24, 2.45) is 0 Å². The number of nitrogens with one attached hydrogen (secondary N) is 1. The fraction of sp³-hybridized carbons (Fsp3) is 0.278. The zero-order chi connectivity index (χ0) is 18.0.